The lowest BCUT2D eigenvalue weighted by atomic mass is 10.1. The number of pyridine rings is 1. The number of hydrogen-bond donors (Lipinski definition) is 1. The van der Waals surface area contributed by atoms with Crippen molar-refractivity contribution < 1.29 is 13.2 Å². The first-order chi connectivity index (χ1) is 11.1. The van der Waals surface area contributed by atoms with Crippen LogP contribution in [0.15, 0.2) is 65.8 Å². The number of anilines is 1. The van der Waals surface area contributed by atoms with Crippen LogP contribution in [0.1, 0.15) is 6.92 Å². The van der Waals surface area contributed by atoms with Crippen molar-refractivity contribution in [1.29, 1.82) is 0 Å². The molecule has 0 unspecified atom stereocenters. The maximum atomic E-state index is 12.5. The quantitative estimate of drug-likeness (QED) is 0.779. The van der Waals surface area contributed by atoms with Crippen molar-refractivity contribution in [1.82, 2.24) is 4.98 Å². The Morgan fingerprint density at radius 1 is 1.09 bits per heavy atom. The molecule has 2 aromatic carbocycles. The number of fused-ring (bicyclic) bond motifs is 1. The minimum Gasteiger partial charge on any atom is -0.494 e. The summed E-state index contributed by atoms with van der Waals surface area (Å²) in [5.74, 6) is 0.768. The summed E-state index contributed by atoms with van der Waals surface area (Å²) in [6.07, 6.45) is 3.05. The maximum Gasteiger partial charge on any atom is 0.261 e. The molecule has 0 aliphatic carbocycles. The van der Waals surface area contributed by atoms with E-state index in [-0.39, 0.29) is 4.90 Å². The van der Waals surface area contributed by atoms with Crippen LogP contribution in [0.3, 0.4) is 0 Å². The van der Waals surface area contributed by atoms with Gasteiger partial charge in [-0.05, 0) is 54.1 Å². The van der Waals surface area contributed by atoms with Crippen molar-refractivity contribution in [3.05, 3.63) is 60.9 Å². The monoisotopic (exact) mass is 328 g/mol. The molecule has 1 N–H and O–H groups in total. The molecule has 0 saturated carbocycles. The summed E-state index contributed by atoms with van der Waals surface area (Å²) in [5, 5.41) is 1.76. The number of nitrogens with zero attached hydrogens (tertiary/aromatic N) is 1. The third-order valence-corrected chi connectivity index (χ3v) is 4.70. The number of benzene rings is 2. The highest BCUT2D eigenvalue weighted by molar-refractivity contribution is 7.92. The van der Waals surface area contributed by atoms with Crippen LogP contribution in [0, 0.1) is 0 Å². The number of sulfonamides is 1. The molecule has 118 valence electrons. The molecule has 1 aromatic heterocycles. The van der Waals surface area contributed by atoms with E-state index in [9.17, 15) is 8.42 Å². The molecule has 0 fully saturated rings. The van der Waals surface area contributed by atoms with Crippen LogP contribution in [-0.4, -0.2) is 20.0 Å². The van der Waals surface area contributed by atoms with E-state index in [1.54, 1.807) is 36.5 Å². The summed E-state index contributed by atoms with van der Waals surface area (Å²) in [5.41, 5.74) is 0.430. The summed E-state index contributed by atoms with van der Waals surface area (Å²) >= 11 is 0. The zero-order valence-corrected chi connectivity index (χ0v) is 13.4. The summed E-state index contributed by atoms with van der Waals surface area (Å²) in [4.78, 5) is 4.11. The fraction of sp³-hybridized carbons (Fsp3) is 0.118. The van der Waals surface area contributed by atoms with Gasteiger partial charge in [-0.3, -0.25) is 9.71 Å². The Morgan fingerprint density at radius 3 is 2.61 bits per heavy atom. The van der Waals surface area contributed by atoms with Crippen LogP contribution >= 0.6 is 0 Å². The Hall–Kier alpha value is -2.60. The van der Waals surface area contributed by atoms with Crippen LogP contribution in [0.2, 0.25) is 0 Å². The van der Waals surface area contributed by atoms with E-state index in [0.29, 0.717) is 12.3 Å². The highest BCUT2D eigenvalue weighted by Crippen LogP contribution is 2.24. The summed E-state index contributed by atoms with van der Waals surface area (Å²) in [6, 6.07) is 13.9. The molecule has 23 heavy (non-hydrogen) atoms. The molecular formula is C17H16N2O3S. The van der Waals surface area contributed by atoms with Crippen LogP contribution in [-0.2, 0) is 10.0 Å². The van der Waals surface area contributed by atoms with Crippen LogP contribution in [0.25, 0.3) is 10.8 Å². The van der Waals surface area contributed by atoms with Gasteiger partial charge in [0.1, 0.15) is 5.75 Å². The second-order valence-corrected chi connectivity index (χ2v) is 6.63. The molecule has 5 nitrogen and oxygen atoms in total. The van der Waals surface area contributed by atoms with Crippen molar-refractivity contribution in [2.45, 2.75) is 11.8 Å². The largest absolute Gasteiger partial charge is 0.494 e. The first kappa shape index (κ1) is 15.3. The highest BCUT2D eigenvalue weighted by atomic mass is 32.2. The predicted molar refractivity (Wildman–Crippen MR) is 90.2 cm³/mol. The van der Waals surface area contributed by atoms with Crippen LogP contribution in [0.5, 0.6) is 5.75 Å². The molecule has 3 rings (SSSR count). The van der Waals surface area contributed by atoms with E-state index in [4.69, 9.17) is 4.74 Å². The van der Waals surface area contributed by atoms with Crippen molar-refractivity contribution in [3.63, 3.8) is 0 Å². The Morgan fingerprint density at radius 2 is 1.87 bits per heavy atom. The smallest absolute Gasteiger partial charge is 0.261 e. The molecule has 0 radical (unpaired) electrons. The van der Waals surface area contributed by atoms with Crippen LogP contribution in [0.4, 0.5) is 5.69 Å². The normalized spacial score (nSPS) is 11.3. The molecule has 0 bridgehead atoms. The minimum absolute atomic E-state index is 0.206. The average Bonchev–Trinajstić information content (AvgIpc) is 2.55. The van der Waals surface area contributed by atoms with Gasteiger partial charge in [-0.15, -0.1) is 0 Å². The van der Waals surface area contributed by atoms with Gasteiger partial charge >= 0.3 is 0 Å². The SMILES string of the molecule is CCOc1ccc2cc(S(=O)(=O)Nc3cccnc3)ccc2c1. The van der Waals surface area contributed by atoms with Gasteiger partial charge in [-0.25, -0.2) is 8.42 Å². The molecule has 0 amide bonds. The van der Waals surface area contributed by atoms with Crippen LogP contribution < -0.4 is 9.46 Å². The number of hydrogen-bond acceptors (Lipinski definition) is 4. The first-order valence-corrected chi connectivity index (χ1v) is 8.66. The van der Waals surface area contributed by atoms with Gasteiger partial charge in [0.15, 0.2) is 0 Å². The number of nitrogens with one attached hydrogen (secondary N) is 1. The molecule has 0 atom stereocenters. The third-order valence-electron chi connectivity index (χ3n) is 3.32. The molecule has 6 heteroatoms. The van der Waals surface area contributed by atoms with Crippen molar-refractivity contribution in [2.24, 2.45) is 0 Å². The highest BCUT2D eigenvalue weighted by Gasteiger charge is 2.14. The van der Waals surface area contributed by atoms with E-state index in [1.165, 1.54) is 6.20 Å². The van der Waals surface area contributed by atoms with Crippen molar-refractivity contribution in [3.8, 4) is 5.75 Å². The Balaban J connectivity index is 1.94. The lowest BCUT2D eigenvalue weighted by molar-refractivity contribution is 0.341. The Labute approximate surface area is 135 Å². The second-order valence-electron chi connectivity index (χ2n) is 4.95. The van der Waals surface area contributed by atoms with Gasteiger partial charge in [0.05, 0.1) is 23.4 Å². The zero-order chi connectivity index (χ0) is 16.3. The topological polar surface area (TPSA) is 68.3 Å². The Kier molecular flexibility index (Phi) is 4.16. The average molecular weight is 328 g/mol. The fourth-order valence-corrected chi connectivity index (χ4v) is 3.34. The van der Waals surface area contributed by atoms with E-state index < -0.39 is 10.0 Å². The van der Waals surface area contributed by atoms with Gasteiger partial charge in [0, 0.05) is 6.20 Å². The van der Waals surface area contributed by atoms with Gasteiger partial charge in [0.2, 0.25) is 0 Å². The maximum absolute atomic E-state index is 12.5. The number of aromatic nitrogens is 1. The predicted octanol–water partition coefficient (Wildman–Crippen LogP) is 3.43. The molecule has 1 heterocycles. The lowest BCUT2D eigenvalue weighted by Gasteiger charge is -2.09. The summed E-state index contributed by atoms with van der Waals surface area (Å²) < 4.78 is 32.9. The lowest BCUT2D eigenvalue weighted by Crippen LogP contribution is -2.12. The minimum atomic E-state index is -3.65. The van der Waals surface area contributed by atoms with Gasteiger partial charge in [0.25, 0.3) is 10.0 Å². The molecule has 0 aliphatic rings. The van der Waals surface area contributed by atoms with Gasteiger partial charge in [-0.2, -0.15) is 0 Å². The summed E-state index contributed by atoms with van der Waals surface area (Å²) in [7, 11) is -3.65. The third kappa shape index (κ3) is 3.43. The van der Waals surface area contributed by atoms with E-state index in [2.05, 4.69) is 9.71 Å². The zero-order valence-electron chi connectivity index (χ0n) is 12.6. The molecule has 0 spiro atoms. The summed E-state index contributed by atoms with van der Waals surface area (Å²) in [6.45, 7) is 2.51. The molecule has 0 aliphatic heterocycles. The van der Waals surface area contributed by atoms with Crippen molar-refractivity contribution in [2.75, 3.05) is 11.3 Å². The van der Waals surface area contributed by atoms with Gasteiger partial charge < -0.3 is 4.74 Å². The Bertz CT molecular complexity index is 925. The van der Waals surface area contributed by atoms with E-state index in [0.717, 1.165) is 16.5 Å². The second kappa shape index (κ2) is 6.26. The number of rotatable bonds is 5. The van der Waals surface area contributed by atoms with E-state index in [1.807, 2.05) is 25.1 Å². The molecular weight excluding hydrogens is 312 g/mol. The van der Waals surface area contributed by atoms with Gasteiger partial charge in [-0.1, -0.05) is 12.1 Å². The standard InChI is InChI=1S/C17H16N2O3S/c1-2-22-16-7-5-14-11-17(8-6-13(14)10-16)23(20,21)19-15-4-3-9-18-12-15/h3-12,19H,2H2,1H3. The molecule has 3 aromatic rings. The number of ether oxygens (including phenoxy) is 1. The molecule has 0 saturated heterocycles. The first-order valence-electron chi connectivity index (χ1n) is 7.18. The van der Waals surface area contributed by atoms with E-state index >= 15 is 0 Å². The van der Waals surface area contributed by atoms with Crippen molar-refractivity contribution >= 4 is 26.5 Å². The fourth-order valence-electron chi connectivity index (χ4n) is 2.26.